The lowest BCUT2D eigenvalue weighted by molar-refractivity contribution is 0.200. The zero-order valence-electron chi connectivity index (χ0n) is 15.1. The zero-order valence-corrected chi connectivity index (χ0v) is 15.1. The van der Waals surface area contributed by atoms with E-state index in [1.54, 1.807) is 0 Å². The maximum atomic E-state index is 4.57. The van der Waals surface area contributed by atoms with Crippen LogP contribution < -0.4 is 0 Å². The van der Waals surface area contributed by atoms with E-state index in [0.717, 1.165) is 30.8 Å². The number of fused-ring (bicyclic) bond motifs is 2. The SMILES string of the molecule is C=CC1=CCC2CC1C(C=C)=CN2/C(=C(/CC)N=CC)N(C)N=C. The molecule has 24 heavy (non-hydrogen) atoms. The Morgan fingerprint density at radius 3 is 2.62 bits per heavy atom. The van der Waals surface area contributed by atoms with Crippen molar-refractivity contribution in [1.29, 1.82) is 0 Å². The predicted octanol–water partition coefficient (Wildman–Crippen LogP) is 4.48. The molecule has 128 valence electrons. The second-order valence-corrected chi connectivity index (χ2v) is 6.00. The van der Waals surface area contributed by atoms with Crippen molar-refractivity contribution in [3.63, 3.8) is 0 Å². The number of aliphatic imine (C=N–C) groups is 1. The second-order valence-electron chi connectivity index (χ2n) is 6.00. The average Bonchev–Trinajstić information content (AvgIpc) is 2.62. The molecule has 0 saturated heterocycles. The van der Waals surface area contributed by atoms with Crippen LogP contribution in [-0.4, -0.2) is 35.9 Å². The van der Waals surface area contributed by atoms with Crippen molar-refractivity contribution < 1.29 is 0 Å². The number of rotatable bonds is 7. The first kappa shape index (κ1) is 18.0. The fourth-order valence-electron chi connectivity index (χ4n) is 3.52. The Labute approximate surface area is 145 Å². The Morgan fingerprint density at radius 1 is 1.38 bits per heavy atom. The lowest BCUT2D eigenvalue weighted by atomic mass is 9.77. The molecule has 0 saturated carbocycles. The molecule has 0 fully saturated rings. The van der Waals surface area contributed by atoms with Crippen molar-refractivity contribution in [3.8, 4) is 0 Å². The van der Waals surface area contributed by atoms with E-state index in [2.05, 4.69) is 54.1 Å². The van der Waals surface area contributed by atoms with E-state index in [1.165, 1.54) is 11.1 Å². The van der Waals surface area contributed by atoms with Gasteiger partial charge >= 0.3 is 0 Å². The molecule has 1 heterocycles. The highest BCUT2D eigenvalue weighted by Crippen LogP contribution is 2.41. The van der Waals surface area contributed by atoms with E-state index >= 15 is 0 Å². The highest BCUT2D eigenvalue weighted by molar-refractivity contribution is 5.55. The summed E-state index contributed by atoms with van der Waals surface area (Å²) < 4.78 is 0. The first-order chi connectivity index (χ1) is 11.6. The van der Waals surface area contributed by atoms with Gasteiger partial charge in [0.05, 0.1) is 5.70 Å². The van der Waals surface area contributed by atoms with Crippen molar-refractivity contribution in [2.75, 3.05) is 7.05 Å². The third kappa shape index (κ3) is 3.28. The summed E-state index contributed by atoms with van der Waals surface area (Å²) in [5, 5.41) is 5.94. The third-order valence-electron chi connectivity index (χ3n) is 4.73. The van der Waals surface area contributed by atoms with Crippen LogP contribution in [-0.2, 0) is 0 Å². The van der Waals surface area contributed by atoms with Gasteiger partial charge in [0.1, 0.15) is 0 Å². The van der Waals surface area contributed by atoms with E-state index in [1.807, 2.05) is 37.3 Å². The minimum Gasteiger partial charge on any atom is -0.328 e. The summed E-state index contributed by atoms with van der Waals surface area (Å²) in [6, 6.07) is 0.384. The van der Waals surface area contributed by atoms with E-state index in [0.29, 0.717) is 12.0 Å². The summed E-state index contributed by atoms with van der Waals surface area (Å²) in [6.07, 6.45) is 13.1. The van der Waals surface area contributed by atoms with Crippen molar-refractivity contribution >= 4 is 12.9 Å². The number of allylic oxidation sites excluding steroid dienone is 5. The van der Waals surface area contributed by atoms with Crippen LogP contribution in [0.1, 0.15) is 33.1 Å². The van der Waals surface area contributed by atoms with Crippen LogP contribution in [0.5, 0.6) is 0 Å². The molecule has 0 radical (unpaired) electrons. The molecule has 0 amide bonds. The van der Waals surface area contributed by atoms with Crippen molar-refractivity contribution in [2.45, 2.75) is 39.2 Å². The van der Waals surface area contributed by atoms with E-state index in [9.17, 15) is 0 Å². The molecule has 1 aliphatic heterocycles. The van der Waals surface area contributed by atoms with Gasteiger partial charge in [-0.05, 0) is 37.3 Å². The maximum absolute atomic E-state index is 4.57. The zero-order chi connectivity index (χ0) is 17.7. The minimum atomic E-state index is 0.384. The standard InChI is InChI=1S/C20H28N4/c1-7-15-11-12-17-13-18(15)16(8-2)14-24(17)20(23(6)21-5)19(9-3)22-10-4/h7-8,10-11,14,17-18H,1-2,5,9,12-13H2,3-4,6H3/b20-19-,22-10?. The highest BCUT2D eigenvalue weighted by atomic mass is 15.5. The van der Waals surface area contributed by atoms with Gasteiger partial charge in [0.25, 0.3) is 0 Å². The molecule has 0 aromatic carbocycles. The predicted molar refractivity (Wildman–Crippen MR) is 104 cm³/mol. The molecule has 4 nitrogen and oxygen atoms in total. The monoisotopic (exact) mass is 324 g/mol. The molecule has 4 heteroatoms. The number of hydrazone groups is 1. The molecule has 0 spiro atoms. The minimum absolute atomic E-state index is 0.384. The molecule has 1 aliphatic carbocycles. The lowest BCUT2D eigenvalue weighted by Crippen LogP contribution is -2.42. The first-order valence-corrected chi connectivity index (χ1v) is 8.48. The third-order valence-corrected chi connectivity index (χ3v) is 4.73. The van der Waals surface area contributed by atoms with Gasteiger partial charge in [-0.1, -0.05) is 38.3 Å². The van der Waals surface area contributed by atoms with Gasteiger partial charge in [-0.2, -0.15) is 5.10 Å². The molecule has 2 aliphatic rings. The van der Waals surface area contributed by atoms with Gasteiger partial charge in [-0.25, -0.2) is 0 Å². The molecule has 2 rings (SSSR count). The maximum Gasteiger partial charge on any atom is 0.151 e. The number of nitrogens with zero attached hydrogens (tertiary/aromatic N) is 4. The van der Waals surface area contributed by atoms with E-state index in [-0.39, 0.29) is 0 Å². The van der Waals surface area contributed by atoms with Gasteiger partial charge in [-0.3, -0.25) is 10.0 Å². The topological polar surface area (TPSA) is 31.2 Å². The van der Waals surface area contributed by atoms with Crippen LogP contribution in [0.3, 0.4) is 0 Å². The summed E-state index contributed by atoms with van der Waals surface area (Å²) in [7, 11) is 1.92. The van der Waals surface area contributed by atoms with Crippen molar-refractivity contribution in [2.24, 2.45) is 16.0 Å². The number of hydrogen-bond acceptors (Lipinski definition) is 4. The van der Waals surface area contributed by atoms with Gasteiger partial charge in [0, 0.05) is 38.1 Å². The lowest BCUT2D eigenvalue weighted by Gasteiger charge is -2.44. The molecular formula is C20H28N4. The Bertz CT molecular complexity index is 636. The average molecular weight is 324 g/mol. The van der Waals surface area contributed by atoms with Gasteiger partial charge < -0.3 is 4.90 Å². The van der Waals surface area contributed by atoms with Gasteiger partial charge in [0.15, 0.2) is 5.82 Å². The number of hydrogen-bond donors (Lipinski definition) is 0. The normalized spacial score (nSPS) is 24.0. The fraction of sp³-hybridized carbons (Fsp3) is 0.400. The van der Waals surface area contributed by atoms with E-state index < -0.39 is 0 Å². The Hall–Kier alpha value is -2.36. The Kier molecular flexibility index (Phi) is 5.96. The molecule has 2 bridgehead atoms. The molecular weight excluding hydrogens is 296 g/mol. The van der Waals surface area contributed by atoms with Gasteiger partial charge in [-0.15, -0.1) is 0 Å². The summed E-state index contributed by atoms with van der Waals surface area (Å²) in [5.74, 6) is 1.38. The summed E-state index contributed by atoms with van der Waals surface area (Å²) >= 11 is 0. The van der Waals surface area contributed by atoms with Crippen LogP contribution in [0.25, 0.3) is 0 Å². The van der Waals surface area contributed by atoms with Crippen molar-refractivity contribution in [3.05, 3.63) is 60.3 Å². The smallest absolute Gasteiger partial charge is 0.151 e. The second kappa shape index (κ2) is 7.95. The molecule has 2 unspecified atom stereocenters. The van der Waals surface area contributed by atoms with Crippen LogP contribution >= 0.6 is 0 Å². The van der Waals surface area contributed by atoms with Crippen LogP contribution in [0.4, 0.5) is 0 Å². The summed E-state index contributed by atoms with van der Waals surface area (Å²) in [4.78, 5) is 6.87. The largest absolute Gasteiger partial charge is 0.328 e. The quantitative estimate of drug-likeness (QED) is 0.511. The van der Waals surface area contributed by atoms with Crippen LogP contribution in [0.2, 0.25) is 0 Å². The molecule has 0 N–H and O–H groups in total. The van der Waals surface area contributed by atoms with Crippen LogP contribution in [0.15, 0.2) is 70.3 Å². The van der Waals surface area contributed by atoms with E-state index in [4.69, 9.17) is 0 Å². The summed E-state index contributed by atoms with van der Waals surface area (Å²) in [5.41, 5.74) is 3.52. The Morgan fingerprint density at radius 2 is 2.08 bits per heavy atom. The highest BCUT2D eigenvalue weighted by Gasteiger charge is 2.35. The van der Waals surface area contributed by atoms with Gasteiger partial charge in [0.2, 0.25) is 0 Å². The molecule has 2 atom stereocenters. The fourth-order valence-corrected chi connectivity index (χ4v) is 3.52. The first-order valence-electron chi connectivity index (χ1n) is 8.48. The van der Waals surface area contributed by atoms with Crippen LogP contribution in [0, 0.1) is 5.92 Å². The summed E-state index contributed by atoms with van der Waals surface area (Å²) in [6.45, 7) is 15.7. The molecule has 0 aromatic heterocycles. The molecule has 0 aromatic rings. The van der Waals surface area contributed by atoms with Crippen molar-refractivity contribution in [1.82, 2.24) is 9.91 Å². The Balaban J connectivity index is 2.56.